The van der Waals surface area contributed by atoms with Gasteiger partial charge in [-0.05, 0) is 19.1 Å². The summed E-state index contributed by atoms with van der Waals surface area (Å²) in [6, 6.07) is 3.70. The Balaban J connectivity index is 2.62. The number of benzene rings is 1. The first-order chi connectivity index (χ1) is 9.10. The molecule has 1 aromatic heterocycles. The monoisotopic (exact) mass is 263 g/mol. The predicted octanol–water partition coefficient (Wildman–Crippen LogP) is 1.82. The normalized spacial score (nSPS) is 10.4. The minimum absolute atomic E-state index is 0.563. The molecule has 0 aliphatic heterocycles. The van der Waals surface area contributed by atoms with E-state index in [4.69, 9.17) is 14.2 Å². The summed E-state index contributed by atoms with van der Waals surface area (Å²) >= 11 is 0. The van der Waals surface area contributed by atoms with Crippen molar-refractivity contribution in [2.75, 3.05) is 21.3 Å². The van der Waals surface area contributed by atoms with Gasteiger partial charge >= 0.3 is 0 Å². The summed E-state index contributed by atoms with van der Waals surface area (Å²) in [6.45, 7) is 1.85. The summed E-state index contributed by atoms with van der Waals surface area (Å²) in [5.74, 6) is 3.21. The maximum atomic E-state index is 5.33. The summed E-state index contributed by atoms with van der Waals surface area (Å²) in [7, 11) is 6.59. The standard InChI is InChI=1S/C13H17N3O3/c1-8-14-13(16(2)15-8)9-6-10(17-3)12(19-5)11(7-9)18-4/h6-7H,1-5H3. The largest absolute Gasteiger partial charge is 0.493 e. The molecule has 0 bridgehead atoms. The van der Waals surface area contributed by atoms with Gasteiger partial charge < -0.3 is 14.2 Å². The Morgan fingerprint density at radius 3 is 1.95 bits per heavy atom. The van der Waals surface area contributed by atoms with E-state index < -0.39 is 0 Å². The molecule has 6 heteroatoms. The Bertz CT molecular complexity index is 568. The first-order valence-electron chi connectivity index (χ1n) is 5.78. The fourth-order valence-corrected chi connectivity index (χ4v) is 1.97. The van der Waals surface area contributed by atoms with E-state index in [1.165, 1.54) is 0 Å². The van der Waals surface area contributed by atoms with Crippen LogP contribution < -0.4 is 14.2 Å². The van der Waals surface area contributed by atoms with Crippen LogP contribution in [0.3, 0.4) is 0 Å². The molecular weight excluding hydrogens is 246 g/mol. The highest BCUT2D eigenvalue weighted by molar-refractivity contribution is 5.66. The molecule has 0 aliphatic rings. The zero-order chi connectivity index (χ0) is 14.0. The molecule has 0 atom stereocenters. The van der Waals surface area contributed by atoms with Gasteiger partial charge in [-0.25, -0.2) is 9.67 Å². The van der Waals surface area contributed by atoms with Crippen LogP contribution in [0.25, 0.3) is 11.4 Å². The minimum atomic E-state index is 0.563. The van der Waals surface area contributed by atoms with Crippen molar-refractivity contribution in [3.63, 3.8) is 0 Å². The van der Waals surface area contributed by atoms with Gasteiger partial charge in [-0.2, -0.15) is 5.10 Å². The highest BCUT2D eigenvalue weighted by atomic mass is 16.5. The minimum Gasteiger partial charge on any atom is -0.493 e. The van der Waals surface area contributed by atoms with Crippen LogP contribution in [0, 0.1) is 6.92 Å². The Hall–Kier alpha value is -2.24. The van der Waals surface area contributed by atoms with Gasteiger partial charge in [0.05, 0.1) is 21.3 Å². The van der Waals surface area contributed by atoms with Crippen LogP contribution >= 0.6 is 0 Å². The van der Waals surface area contributed by atoms with Crippen LogP contribution in [0.15, 0.2) is 12.1 Å². The molecule has 19 heavy (non-hydrogen) atoms. The maximum Gasteiger partial charge on any atom is 0.203 e. The van der Waals surface area contributed by atoms with Crippen molar-refractivity contribution in [1.29, 1.82) is 0 Å². The molecule has 0 saturated heterocycles. The Morgan fingerprint density at radius 1 is 1.00 bits per heavy atom. The van der Waals surface area contributed by atoms with Gasteiger partial charge in [0.25, 0.3) is 0 Å². The fourth-order valence-electron chi connectivity index (χ4n) is 1.97. The van der Waals surface area contributed by atoms with Crippen molar-refractivity contribution in [3.8, 4) is 28.6 Å². The van der Waals surface area contributed by atoms with Crippen molar-refractivity contribution < 1.29 is 14.2 Å². The van der Waals surface area contributed by atoms with Gasteiger partial charge in [-0.1, -0.05) is 0 Å². The first-order valence-corrected chi connectivity index (χ1v) is 5.78. The van der Waals surface area contributed by atoms with Gasteiger partial charge in [0.1, 0.15) is 5.82 Å². The van der Waals surface area contributed by atoms with E-state index in [-0.39, 0.29) is 0 Å². The fraction of sp³-hybridized carbons (Fsp3) is 0.385. The van der Waals surface area contributed by atoms with Gasteiger partial charge in [0.15, 0.2) is 17.3 Å². The zero-order valence-corrected chi connectivity index (χ0v) is 11.7. The van der Waals surface area contributed by atoms with Gasteiger partial charge in [-0.3, -0.25) is 0 Å². The third-order valence-electron chi connectivity index (χ3n) is 2.79. The number of hydrogen-bond donors (Lipinski definition) is 0. The van der Waals surface area contributed by atoms with Gasteiger partial charge in [-0.15, -0.1) is 0 Å². The van der Waals surface area contributed by atoms with Crippen molar-refractivity contribution in [2.45, 2.75) is 6.92 Å². The second-order valence-electron chi connectivity index (χ2n) is 4.02. The molecule has 0 fully saturated rings. The molecule has 0 amide bonds. The van der Waals surface area contributed by atoms with E-state index in [0.717, 1.165) is 11.4 Å². The summed E-state index contributed by atoms with van der Waals surface area (Å²) in [6.07, 6.45) is 0. The quantitative estimate of drug-likeness (QED) is 0.842. The van der Waals surface area contributed by atoms with Crippen LogP contribution in [0.2, 0.25) is 0 Å². The smallest absolute Gasteiger partial charge is 0.203 e. The highest BCUT2D eigenvalue weighted by Crippen LogP contribution is 2.40. The molecule has 102 valence electrons. The molecule has 2 aromatic rings. The second kappa shape index (κ2) is 5.17. The molecule has 0 aliphatic carbocycles. The van der Waals surface area contributed by atoms with Crippen LogP contribution in [-0.4, -0.2) is 36.1 Å². The number of ether oxygens (including phenoxy) is 3. The molecular formula is C13H17N3O3. The average molecular weight is 263 g/mol. The molecule has 2 rings (SSSR count). The van der Waals surface area contributed by atoms with Gasteiger partial charge in [0, 0.05) is 12.6 Å². The predicted molar refractivity (Wildman–Crippen MR) is 70.8 cm³/mol. The molecule has 6 nitrogen and oxygen atoms in total. The Kier molecular flexibility index (Phi) is 3.59. The molecule has 0 spiro atoms. The van der Waals surface area contributed by atoms with Crippen LogP contribution in [-0.2, 0) is 7.05 Å². The number of aryl methyl sites for hydroxylation is 2. The molecule has 0 saturated carbocycles. The average Bonchev–Trinajstić information content (AvgIpc) is 2.75. The van der Waals surface area contributed by atoms with Gasteiger partial charge in [0.2, 0.25) is 5.75 Å². The lowest BCUT2D eigenvalue weighted by molar-refractivity contribution is 0.324. The number of rotatable bonds is 4. The van der Waals surface area contributed by atoms with E-state index in [1.807, 2.05) is 26.1 Å². The topological polar surface area (TPSA) is 58.4 Å². The lowest BCUT2D eigenvalue weighted by atomic mass is 10.1. The number of nitrogens with zero attached hydrogens (tertiary/aromatic N) is 3. The first kappa shape index (κ1) is 13.2. The molecule has 1 aromatic carbocycles. The summed E-state index contributed by atoms with van der Waals surface area (Å²) in [5, 5.41) is 4.23. The van der Waals surface area contributed by atoms with Crippen molar-refractivity contribution in [2.24, 2.45) is 7.05 Å². The third-order valence-corrected chi connectivity index (χ3v) is 2.79. The Morgan fingerprint density at radius 2 is 1.58 bits per heavy atom. The number of aromatic nitrogens is 3. The summed E-state index contributed by atoms with van der Waals surface area (Å²) in [4.78, 5) is 4.39. The molecule has 1 heterocycles. The van der Waals surface area contributed by atoms with Crippen molar-refractivity contribution in [3.05, 3.63) is 18.0 Å². The van der Waals surface area contributed by atoms with Crippen molar-refractivity contribution >= 4 is 0 Å². The Labute approximate surface area is 111 Å². The van der Waals surface area contributed by atoms with E-state index in [1.54, 1.807) is 26.0 Å². The molecule has 0 radical (unpaired) electrons. The van der Waals surface area contributed by atoms with Crippen LogP contribution in [0.5, 0.6) is 17.2 Å². The molecule has 0 N–H and O–H groups in total. The van der Waals surface area contributed by atoms with Crippen LogP contribution in [0.4, 0.5) is 0 Å². The molecule has 0 unspecified atom stereocenters. The second-order valence-corrected chi connectivity index (χ2v) is 4.02. The van der Waals surface area contributed by atoms with E-state index in [2.05, 4.69) is 10.1 Å². The van der Waals surface area contributed by atoms with E-state index >= 15 is 0 Å². The third kappa shape index (κ3) is 2.33. The van der Waals surface area contributed by atoms with E-state index in [9.17, 15) is 0 Å². The maximum absolute atomic E-state index is 5.33. The van der Waals surface area contributed by atoms with E-state index in [0.29, 0.717) is 23.1 Å². The lowest BCUT2D eigenvalue weighted by Gasteiger charge is -2.13. The number of hydrogen-bond acceptors (Lipinski definition) is 5. The van der Waals surface area contributed by atoms with Crippen molar-refractivity contribution in [1.82, 2.24) is 14.8 Å². The summed E-state index contributed by atoms with van der Waals surface area (Å²) < 4.78 is 17.7. The summed E-state index contributed by atoms with van der Waals surface area (Å²) in [5.41, 5.74) is 0.859. The zero-order valence-electron chi connectivity index (χ0n) is 11.7. The highest BCUT2D eigenvalue weighted by Gasteiger charge is 2.16. The number of methoxy groups -OCH3 is 3. The SMILES string of the molecule is COc1cc(-c2nc(C)nn2C)cc(OC)c1OC. The van der Waals surface area contributed by atoms with Crippen LogP contribution in [0.1, 0.15) is 5.82 Å². The lowest BCUT2D eigenvalue weighted by Crippen LogP contribution is -1.98.